The van der Waals surface area contributed by atoms with Crippen LogP contribution in [0.3, 0.4) is 0 Å². The summed E-state index contributed by atoms with van der Waals surface area (Å²) in [6, 6.07) is 9.90. The highest BCUT2D eigenvalue weighted by molar-refractivity contribution is 7.80. The van der Waals surface area contributed by atoms with Crippen molar-refractivity contribution < 1.29 is 9.53 Å². The van der Waals surface area contributed by atoms with Crippen LogP contribution in [0.5, 0.6) is 0 Å². The lowest BCUT2D eigenvalue weighted by molar-refractivity contribution is -0.143. The fourth-order valence-corrected chi connectivity index (χ4v) is 2.31. The van der Waals surface area contributed by atoms with Crippen molar-refractivity contribution in [3.8, 4) is 0 Å². The Hall–Kier alpha value is -1.46. The molecule has 1 aromatic rings. The van der Waals surface area contributed by atoms with Gasteiger partial charge >= 0.3 is 5.97 Å². The Morgan fingerprint density at radius 3 is 2.78 bits per heavy atom. The largest absolute Gasteiger partial charge is 0.466 e. The minimum absolute atomic E-state index is 0.0272. The summed E-state index contributed by atoms with van der Waals surface area (Å²) in [5, 5.41) is 6.40. The Balaban J connectivity index is 1.97. The van der Waals surface area contributed by atoms with Crippen molar-refractivity contribution in [2.24, 2.45) is 0 Å². The molecule has 96 valence electrons. The molecule has 4 nitrogen and oxygen atoms in total. The van der Waals surface area contributed by atoms with Crippen LogP contribution in [0.15, 0.2) is 30.3 Å². The van der Waals surface area contributed by atoms with Crippen LogP contribution < -0.4 is 10.6 Å². The molecule has 2 atom stereocenters. The van der Waals surface area contributed by atoms with Crippen LogP contribution in [-0.2, 0) is 9.53 Å². The summed E-state index contributed by atoms with van der Waals surface area (Å²) in [6.07, 6.45) is 0.124. The Labute approximate surface area is 112 Å². The van der Waals surface area contributed by atoms with Crippen LogP contribution in [0.25, 0.3) is 0 Å². The maximum absolute atomic E-state index is 11.4. The molecule has 1 heterocycles. The first-order chi connectivity index (χ1) is 8.70. The first-order valence-corrected chi connectivity index (χ1v) is 6.38. The smallest absolute Gasteiger partial charge is 0.309 e. The summed E-state index contributed by atoms with van der Waals surface area (Å²) >= 11 is 5.29. The van der Waals surface area contributed by atoms with Crippen molar-refractivity contribution in [2.75, 3.05) is 6.61 Å². The second-order valence-electron chi connectivity index (χ2n) is 4.08. The van der Waals surface area contributed by atoms with E-state index >= 15 is 0 Å². The fraction of sp³-hybridized carbons (Fsp3) is 0.385. The van der Waals surface area contributed by atoms with E-state index < -0.39 is 0 Å². The van der Waals surface area contributed by atoms with Gasteiger partial charge in [-0.05, 0) is 12.5 Å². The molecule has 1 aliphatic heterocycles. The highest BCUT2D eigenvalue weighted by Gasteiger charge is 2.30. The van der Waals surface area contributed by atoms with Gasteiger partial charge in [0.2, 0.25) is 0 Å². The van der Waals surface area contributed by atoms with Crippen molar-refractivity contribution in [3.05, 3.63) is 35.9 Å². The van der Waals surface area contributed by atoms with E-state index in [0.29, 0.717) is 6.61 Å². The van der Waals surface area contributed by atoms with Crippen LogP contribution in [0.1, 0.15) is 24.9 Å². The summed E-state index contributed by atoms with van der Waals surface area (Å²) in [4.78, 5) is 12.1. The molecule has 0 radical (unpaired) electrons. The maximum Gasteiger partial charge on any atom is 0.309 e. The van der Waals surface area contributed by atoms with E-state index in [4.69, 9.17) is 17.0 Å². The second kappa shape index (κ2) is 5.93. The highest BCUT2D eigenvalue weighted by Crippen LogP contribution is 2.19. The number of hydrogen-bond donors (Lipinski definition) is 2. The summed E-state index contributed by atoms with van der Waals surface area (Å²) in [7, 11) is 0. The molecule has 0 amide bonds. The van der Waals surface area contributed by atoms with E-state index in [1.165, 1.54) is 0 Å². The predicted octanol–water partition coefficient (Wildman–Crippen LogP) is 1.53. The van der Waals surface area contributed by atoms with E-state index in [-0.39, 0.29) is 24.6 Å². The number of rotatable bonds is 4. The van der Waals surface area contributed by atoms with Crippen LogP contribution in [0.4, 0.5) is 0 Å². The molecule has 2 unspecified atom stereocenters. The predicted molar refractivity (Wildman–Crippen MR) is 73.1 cm³/mol. The number of esters is 1. The van der Waals surface area contributed by atoms with Crippen molar-refractivity contribution >= 4 is 23.2 Å². The third-order valence-electron chi connectivity index (χ3n) is 2.76. The van der Waals surface area contributed by atoms with Gasteiger partial charge in [0, 0.05) is 0 Å². The number of carbonyl (C=O) groups is 1. The topological polar surface area (TPSA) is 50.4 Å². The van der Waals surface area contributed by atoms with E-state index in [1.54, 1.807) is 6.92 Å². The zero-order valence-electron chi connectivity index (χ0n) is 10.2. The SMILES string of the molecule is CCOC(=O)CC1NC(=S)C(c2ccccc2)N1. The minimum Gasteiger partial charge on any atom is -0.466 e. The summed E-state index contributed by atoms with van der Waals surface area (Å²) in [6.45, 7) is 2.20. The molecule has 0 aromatic heterocycles. The summed E-state index contributed by atoms with van der Waals surface area (Å²) in [5.74, 6) is -0.223. The van der Waals surface area contributed by atoms with Crippen LogP contribution >= 0.6 is 12.2 Å². The maximum atomic E-state index is 11.4. The van der Waals surface area contributed by atoms with Crippen molar-refractivity contribution in [1.29, 1.82) is 0 Å². The number of thiocarbonyl (C=S) groups is 1. The van der Waals surface area contributed by atoms with E-state index in [1.807, 2.05) is 30.3 Å². The minimum atomic E-state index is -0.223. The highest BCUT2D eigenvalue weighted by atomic mass is 32.1. The van der Waals surface area contributed by atoms with Crippen molar-refractivity contribution in [2.45, 2.75) is 25.6 Å². The fourth-order valence-electron chi connectivity index (χ4n) is 1.96. The van der Waals surface area contributed by atoms with Gasteiger partial charge in [0.1, 0.15) is 0 Å². The van der Waals surface area contributed by atoms with Gasteiger partial charge < -0.3 is 10.1 Å². The zero-order chi connectivity index (χ0) is 13.0. The lowest BCUT2D eigenvalue weighted by Gasteiger charge is -2.12. The van der Waals surface area contributed by atoms with Gasteiger partial charge in [0.25, 0.3) is 0 Å². The first-order valence-electron chi connectivity index (χ1n) is 5.97. The third-order valence-corrected chi connectivity index (χ3v) is 3.11. The normalized spacial score (nSPS) is 22.6. The van der Waals surface area contributed by atoms with Gasteiger partial charge in [-0.2, -0.15) is 0 Å². The van der Waals surface area contributed by atoms with Gasteiger partial charge in [-0.25, -0.2) is 0 Å². The molecular formula is C13H16N2O2S. The number of hydrogen-bond acceptors (Lipinski definition) is 4. The van der Waals surface area contributed by atoms with Gasteiger partial charge in [0.15, 0.2) is 0 Å². The molecule has 18 heavy (non-hydrogen) atoms. The molecule has 1 aromatic carbocycles. The van der Waals surface area contributed by atoms with Crippen LogP contribution in [-0.4, -0.2) is 23.7 Å². The first kappa shape index (κ1) is 13.0. The summed E-state index contributed by atoms with van der Waals surface area (Å²) < 4.78 is 4.92. The number of nitrogens with one attached hydrogen (secondary N) is 2. The number of ether oxygens (including phenoxy) is 1. The number of carbonyl (C=O) groups excluding carboxylic acids is 1. The molecule has 1 aliphatic rings. The molecule has 0 aliphatic carbocycles. The standard InChI is InChI=1S/C13H16N2O2S/c1-2-17-11(16)8-10-14-12(13(18)15-10)9-6-4-3-5-7-9/h3-7,10,12,14H,2,8H2,1H3,(H,15,18). The average molecular weight is 264 g/mol. The Bertz CT molecular complexity index is 436. The quantitative estimate of drug-likeness (QED) is 0.638. The lowest BCUT2D eigenvalue weighted by Crippen LogP contribution is -2.34. The Morgan fingerprint density at radius 1 is 1.39 bits per heavy atom. The Kier molecular flexibility index (Phi) is 4.28. The lowest BCUT2D eigenvalue weighted by atomic mass is 10.1. The van der Waals surface area contributed by atoms with Crippen molar-refractivity contribution in [1.82, 2.24) is 10.6 Å². The van der Waals surface area contributed by atoms with E-state index in [0.717, 1.165) is 10.6 Å². The molecule has 0 spiro atoms. The third kappa shape index (κ3) is 3.05. The second-order valence-corrected chi connectivity index (χ2v) is 4.52. The van der Waals surface area contributed by atoms with Gasteiger partial charge in [-0.15, -0.1) is 0 Å². The van der Waals surface area contributed by atoms with Crippen LogP contribution in [0.2, 0.25) is 0 Å². The summed E-state index contributed by atoms with van der Waals surface area (Å²) in [5.41, 5.74) is 1.10. The molecule has 2 N–H and O–H groups in total. The Morgan fingerprint density at radius 2 is 2.11 bits per heavy atom. The van der Waals surface area contributed by atoms with Gasteiger partial charge in [0.05, 0.1) is 30.2 Å². The average Bonchev–Trinajstić information content (AvgIpc) is 2.71. The molecule has 0 bridgehead atoms. The molecule has 1 saturated heterocycles. The van der Waals surface area contributed by atoms with Gasteiger partial charge in [-0.1, -0.05) is 42.5 Å². The van der Waals surface area contributed by atoms with E-state index in [9.17, 15) is 4.79 Å². The van der Waals surface area contributed by atoms with Crippen LogP contribution in [0, 0.1) is 0 Å². The van der Waals surface area contributed by atoms with Crippen molar-refractivity contribution in [3.63, 3.8) is 0 Å². The molecule has 0 saturated carbocycles. The molecule has 5 heteroatoms. The molecule has 1 fully saturated rings. The molecule has 2 rings (SSSR count). The van der Waals surface area contributed by atoms with Gasteiger partial charge in [-0.3, -0.25) is 10.1 Å². The number of benzene rings is 1. The monoisotopic (exact) mass is 264 g/mol. The van der Waals surface area contributed by atoms with E-state index in [2.05, 4.69) is 10.6 Å². The molecular weight excluding hydrogens is 248 g/mol. The zero-order valence-corrected chi connectivity index (χ0v) is 11.0.